The van der Waals surface area contributed by atoms with Gasteiger partial charge in [-0.15, -0.1) is 0 Å². The van der Waals surface area contributed by atoms with Crippen LogP contribution < -0.4 is 10.2 Å². The number of piperidine rings is 2. The average molecular weight is 298 g/mol. The minimum absolute atomic E-state index is 0.0326. The number of hydrogen-bond acceptors (Lipinski definition) is 3. The first-order chi connectivity index (χ1) is 10.6. The Hall–Kier alpha value is -1.81. The minimum Gasteiger partial charge on any atom is -0.508 e. The van der Waals surface area contributed by atoms with Crippen molar-refractivity contribution in [1.82, 2.24) is 5.32 Å². The summed E-state index contributed by atoms with van der Waals surface area (Å²) in [6.07, 6.45) is 4.75. The zero-order valence-corrected chi connectivity index (χ0v) is 13.0. The summed E-state index contributed by atoms with van der Waals surface area (Å²) >= 11 is 0. The van der Waals surface area contributed by atoms with E-state index in [0.717, 1.165) is 49.1 Å². The van der Waals surface area contributed by atoms with Crippen molar-refractivity contribution in [3.63, 3.8) is 0 Å². The Balaban J connectivity index is 1.99. The van der Waals surface area contributed by atoms with Crippen LogP contribution in [-0.4, -0.2) is 23.2 Å². The van der Waals surface area contributed by atoms with Gasteiger partial charge < -0.3 is 5.11 Å². The Morgan fingerprint density at radius 1 is 1.41 bits per heavy atom. The highest BCUT2D eigenvalue weighted by molar-refractivity contribution is 6.07. The fourth-order valence-corrected chi connectivity index (χ4v) is 4.97. The first-order valence-electron chi connectivity index (χ1n) is 8.17. The van der Waals surface area contributed by atoms with E-state index in [-0.39, 0.29) is 17.1 Å². The molecule has 4 heteroatoms. The van der Waals surface area contributed by atoms with Gasteiger partial charge in [-0.1, -0.05) is 13.5 Å². The largest absolute Gasteiger partial charge is 0.508 e. The molecule has 1 aromatic rings. The van der Waals surface area contributed by atoms with Gasteiger partial charge in [0.05, 0.1) is 5.69 Å². The Bertz CT molecular complexity index is 684. The fourth-order valence-electron chi connectivity index (χ4n) is 4.97. The van der Waals surface area contributed by atoms with Crippen LogP contribution in [0.15, 0.2) is 24.8 Å². The van der Waals surface area contributed by atoms with E-state index >= 15 is 0 Å². The van der Waals surface area contributed by atoms with Crippen molar-refractivity contribution in [3.05, 3.63) is 30.3 Å². The molecule has 0 aromatic heterocycles. The molecule has 4 nitrogen and oxygen atoms in total. The Kier molecular flexibility index (Phi) is 2.74. The van der Waals surface area contributed by atoms with Crippen LogP contribution in [0, 0.1) is 5.41 Å². The summed E-state index contributed by atoms with van der Waals surface area (Å²) < 4.78 is 0. The number of aromatic hydroxyl groups is 1. The Labute approximate surface area is 130 Å². The number of fused-ring (bicyclic) bond motifs is 2. The molecule has 2 N–H and O–H groups in total. The van der Waals surface area contributed by atoms with Crippen LogP contribution in [0.1, 0.15) is 44.6 Å². The molecule has 2 fully saturated rings. The molecule has 0 saturated carbocycles. The molecule has 0 bridgehead atoms. The molecule has 4 rings (SSSR count). The lowest BCUT2D eigenvalue weighted by Crippen LogP contribution is -2.72. The van der Waals surface area contributed by atoms with E-state index in [1.165, 1.54) is 0 Å². The number of rotatable bonds is 1. The lowest BCUT2D eigenvalue weighted by atomic mass is 9.60. The van der Waals surface area contributed by atoms with Crippen LogP contribution in [0.4, 0.5) is 5.69 Å². The maximum Gasteiger partial charge on any atom is 0.228 e. The third-order valence-corrected chi connectivity index (χ3v) is 6.04. The topological polar surface area (TPSA) is 52.6 Å². The highest BCUT2D eigenvalue weighted by Crippen LogP contribution is 2.61. The highest BCUT2D eigenvalue weighted by Gasteiger charge is 2.64. The molecule has 1 amide bonds. The summed E-state index contributed by atoms with van der Waals surface area (Å²) in [6.45, 7) is 7.47. The van der Waals surface area contributed by atoms with Gasteiger partial charge in [-0.05, 0) is 56.0 Å². The molecule has 0 unspecified atom stereocenters. The number of anilines is 1. The second kappa shape index (κ2) is 4.35. The van der Waals surface area contributed by atoms with E-state index in [1.807, 2.05) is 11.0 Å². The molecule has 116 valence electrons. The number of phenolic OH excluding ortho intramolecular Hbond substituents is 1. The van der Waals surface area contributed by atoms with Gasteiger partial charge in [0.15, 0.2) is 0 Å². The van der Waals surface area contributed by atoms with Crippen molar-refractivity contribution in [2.24, 2.45) is 5.41 Å². The zero-order chi connectivity index (χ0) is 15.5. The van der Waals surface area contributed by atoms with Crippen molar-refractivity contribution in [3.8, 4) is 5.75 Å². The number of carbonyl (C=O) groups is 1. The molecule has 22 heavy (non-hydrogen) atoms. The van der Waals surface area contributed by atoms with E-state index in [2.05, 4.69) is 18.8 Å². The lowest BCUT2D eigenvalue weighted by Gasteiger charge is -2.59. The SMILES string of the molecule is C=C1c2cc(O)ccc2N2C(=O)CC[C@@]3(CC)CCCN[C@@]123. The van der Waals surface area contributed by atoms with E-state index in [1.54, 1.807) is 12.1 Å². The number of benzene rings is 1. The second-order valence-corrected chi connectivity index (χ2v) is 6.78. The highest BCUT2D eigenvalue weighted by atomic mass is 16.3. The quantitative estimate of drug-likeness (QED) is 0.838. The molecule has 1 spiro atoms. The number of hydrogen-bond donors (Lipinski definition) is 2. The van der Waals surface area contributed by atoms with Gasteiger partial charge in [0.1, 0.15) is 11.4 Å². The fraction of sp³-hybridized carbons (Fsp3) is 0.500. The molecule has 0 radical (unpaired) electrons. The number of nitrogens with one attached hydrogen (secondary N) is 1. The molecule has 3 heterocycles. The number of amides is 1. The molecular weight excluding hydrogens is 276 g/mol. The van der Waals surface area contributed by atoms with Crippen molar-refractivity contribution in [1.29, 1.82) is 0 Å². The van der Waals surface area contributed by atoms with Gasteiger partial charge in [-0.2, -0.15) is 0 Å². The van der Waals surface area contributed by atoms with Gasteiger partial charge in [0.25, 0.3) is 0 Å². The van der Waals surface area contributed by atoms with E-state index < -0.39 is 5.66 Å². The van der Waals surface area contributed by atoms with Gasteiger partial charge >= 0.3 is 0 Å². The van der Waals surface area contributed by atoms with Crippen molar-refractivity contribution in [2.45, 2.75) is 44.7 Å². The zero-order valence-electron chi connectivity index (χ0n) is 13.0. The summed E-state index contributed by atoms with van der Waals surface area (Å²) in [5.41, 5.74) is 2.26. The van der Waals surface area contributed by atoms with Gasteiger partial charge in [-0.25, -0.2) is 0 Å². The normalized spacial score (nSPS) is 33.4. The number of phenols is 1. The predicted molar refractivity (Wildman–Crippen MR) is 86.6 cm³/mol. The lowest BCUT2D eigenvalue weighted by molar-refractivity contribution is -0.126. The van der Waals surface area contributed by atoms with Crippen LogP contribution in [0.5, 0.6) is 5.75 Å². The van der Waals surface area contributed by atoms with Gasteiger partial charge in [0.2, 0.25) is 5.91 Å². The van der Waals surface area contributed by atoms with Crippen molar-refractivity contribution < 1.29 is 9.90 Å². The summed E-state index contributed by atoms with van der Waals surface area (Å²) in [5, 5.41) is 13.5. The maximum atomic E-state index is 12.8. The first-order valence-corrected chi connectivity index (χ1v) is 8.17. The number of carbonyl (C=O) groups excluding carboxylic acids is 1. The summed E-state index contributed by atoms with van der Waals surface area (Å²) in [4.78, 5) is 14.7. The molecule has 0 aliphatic carbocycles. The third kappa shape index (κ3) is 1.39. The molecule has 1 aromatic carbocycles. The predicted octanol–water partition coefficient (Wildman–Crippen LogP) is 3.02. The average Bonchev–Trinajstić information content (AvgIpc) is 2.78. The molecule has 3 aliphatic rings. The van der Waals surface area contributed by atoms with Crippen LogP contribution in [0.2, 0.25) is 0 Å². The molecule has 2 atom stereocenters. The Morgan fingerprint density at radius 3 is 3.00 bits per heavy atom. The van der Waals surface area contributed by atoms with Crippen LogP contribution in [0.3, 0.4) is 0 Å². The van der Waals surface area contributed by atoms with Crippen molar-refractivity contribution >= 4 is 17.2 Å². The molecule has 3 aliphatic heterocycles. The maximum absolute atomic E-state index is 12.8. The minimum atomic E-state index is -0.508. The monoisotopic (exact) mass is 298 g/mol. The van der Waals surface area contributed by atoms with Crippen LogP contribution >= 0.6 is 0 Å². The van der Waals surface area contributed by atoms with Crippen molar-refractivity contribution in [2.75, 3.05) is 11.4 Å². The second-order valence-electron chi connectivity index (χ2n) is 6.78. The van der Waals surface area contributed by atoms with E-state index in [0.29, 0.717) is 6.42 Å². The summed E-state index contributed by atoms with van der Waals surface area (Å²) in [7, 11) is 0. The third-order valence-electron chi connectivity index (χ3n) is 6.04. The smallest absolute Gasteiger partial charge is 0.228 e. The van der Waals surface area contributed by atoms with Gasteiger partial charge in [0, 0.05) is 17.4 Å². The van der Waals surface area contributed by atoms with Crippen LogP contribution in [0.25, 0.3) is 5.57 Å². The van der Waals surface area contributed by atoms with E-state index in [9.17, 15) is 9.90 Å². The molecule has 2 saturated heterocycles. The van der Waals surface area contributed by atoms with E-state index in [4.69, 9.17) is 0 Å². The summed E-state index contributed by atoms with van der Waals surface area (Å²) in [6, 6.07) is 5.25. The van der Waals surface area contributed by atoms with Crippen LogP contribution in [-0.2, 0) is 4.79 Å². The molecular formula is C18H22N2O2. The summed E-state index contributed by atoms with van der Waals surface area (Å²) in [5.74, 6) is 0.380. The standard InChI is InChI=1S/C18H22N2O2/c1-3-17-8-4-10-19-18(17)12(2)14-11-13(21)5-6-15(14)20(18)16(22)7-9-17/h5-6,11,19,21H,2-4,7-10H2,1H3/t17-,18+/m1/s1. The Morgan fingerprint density at radius 2 is 2.23 bits per heavy atom. The number of nitrogens with zero attached hydrogens (tertiary/aromatic N) is 1. The van der Waals surface area contributed by atoms with Gasteiger partial charge in [-0.3, -0.25) is 15.0 Å². The first kappa shape index (κ1) is 13.8.